The Balaban J connectivity index is 1.90. The van der Waals surface area contributed by atoms with Crippen LogP contribution in [0.4, 0.5) is 0 Å². The van der Waals surface area contributed by atoms with Gasteiger partial charge in [-0.25, -0.2) is 0 Å². The van der Waals surface area contributed by atoms with E-state index in [1.807, 2.05) is 12.1 Å². The minimum Gasteiger partial charge on any atom is -0.508 e. The number of rotatable bonds is 2. The zero-order valence-corrected chi connectivity index (χ0v) is 11.2. The maximum absolute atomic E-state index is 9.63. The lowest BCUT2D eigenvalue weighted by molar-refractivity contribution is 0.175. The summed E-state index contributed by atoms with van der Waals surface area (Å²) in [4.78, 5) is 0. The highest BCUT2D eigenvalue weighted by atomic mass is 16.5. The standard InChI is InChI=1S/C16H16O4/c1-19-16-8-11(3-6-13(16)18)14-7-4-10-2-5-12(17)9-15(10)20-14/h2-3,5-6,8-9,14,17-18H,4,7H2,1H3/t14-/m0/s1. The number of fused-ring (bicyclic) bond motifs is 1. The van der Waals surface area contributed by atoms with Crippen LogP contribution in [0.25, 0.3) is 0 Å². The normalized spacial score (nSPS) is 17.1. The van der Waals surface area contributed by atoms with E-state index in [9.17, 15) is 10.2 Å². The molecule has 4 nitrogen and oxygen atoms in total. The molecule has 0 saturated heterocycles. The van der Waals surface area contributed by atoms with Crippen molar-refractivity contribution in [2.75, 3.05) is 7.11 Å². The molecule has 0 bridgehead atoms. The summed E-state index contributed by atoms with van der Waals surface area (Å²) >= 11 is 0. The van der Waals surface area contributed by atoms with Gasteiger partial charge in [-0.1, -0.05) is 12.1 Å². The van der Waals surface area contributed by atoms with Crippen molar-refractivity contribution in [3.05, 3.63) is 47.5 Å². The van der Waals surface area contributed by atoms with Crippen LogP contribution in [0.2, 0.25) is 0 Å². The first-order valence-corrected chi connectivity index (χ1v) is 6.53. The van der Waals surface area contributed by atoms with E-state index < -0.39 is 0 Å². The largest absolute Gasteiger partial charge is 0.508 e. The molecule has 0 radical (unpaired) electrons. The zero-order valence-electron chi connectivity index (χ0n) is 11.2. The number of phenolic OH excluding ortho intramolecular Hbond substituents is 2. The number of hydrogen-bond donors (Lipinski definition) is 2. The van der Waals surface area contributed by atoms with Crippen molar-refractivity contribution in [2.45, 2.75) is 18.9 Å². The molecule has 1 atom stereocenters. The first-order chi connectivity index (χ1) is 9.67. The summed E-state index contributed by atoms with van der Waals surface area (Å²) in [7, 11) is 1.52. The van der Waals surface area contributed by atoms with Crippen LogP contribution in [0.5, 0.6) is 23.0 Å². The van der Waals surface area contributed by atoms with Crippen LogP contribution in [0.15, 0.2) is 36.4 Å². The second-order valence-electron chi connectivity index (χ2n) is 4.87. The lowest BCUT2D eigenvalue weighted by Crippen LogP contribution is -2.15. The maximum atomic E-state index is 9.63. The van der Waals surface area contributed by atoms with Crippen molar-refractivity contribution in [1.82, 2.24) is 0 Å². The van der Waals surface area contributed by atoms with Gasteiger partial charge < -0.3 is 19.7 Å². The van der Waals surface area contributed by atoms with Gasteiger partial charge in [0, 0.05) is 6.07 Å². The molecule has 104 valence electrons. The molecule has 0 spiro atoms. The molecule has 1 aliphatic rings. The van der Waals surface area contributed by atoms with Gasteiger partial charge in [0.2, 0.25) is 0 Å². The van der Waals surface area contributed by atoms with E-state index in [1.165, 1.54) is 7.11 Å². The molecule has 2 aromatic carbocycles. The molecule has 20 heavy (non-hydrogen) atoms. The molecule has 0 fully saturated rings. The number of methoxy groups -OCH3 is 1. The molecule has 2 aromatic rings. The Kier molecular flexibility index (Phi) is 3.14. The molecule has 2 N–H and O–H groups in total. The van der Waals surface area contributed by atoms with Gasteiger partial charge >= 0.3 is 0 Å². The molecule has 4 heteroatoms. The highest BCUT2D eigenvalue weighted by Gasteiger charge is 2.22. The molecule has 0 amide bonds. The van der Waals surface area contributed by atoms with E-state index in [1.54, 1.807) is 24.3 Å². The number of ether oxygens (including phenoxy) is 2. The number of aromatic hydroxyl groups is 2. The third-order valence-corrected chi connectivity index (χ3v) is 3.57. The molecule has 0 saturated carbocycles. The monoisotopic (exact) mass is 272 g/mol. The van der Waals surface area contributed by atoms with Gasteiger partial charge in [0.25, 0.3) is 0 Å². The Morgan fingerprint density at radius 3 is 2.80 bits per heavy atom. The van der Waals surface area contributed by atoms with Crippen molar-refractivity contribution in [1.29, 1.82) is 0 Å². The van der Waals surface area contributed by atoms with Gasteiger partial charge in [0.05, 0.1) is 7.11 Å². The Morgan fingerprint density at radius 1 is 1.15 bits per heavy atom. The molecular formula is C16H16O4. The molecule has 3 rings (SSSR count). The maximum Gasteiger partial charge on any atom is 0.160 e. The summed E-state index contributed by atoms with van der Waals surface area (Å²) in [5, 5.41) is 19.2. The highest BCUT2D eigenvalue weighted by molar-refractivity contribution is 5.45. The number of benzene rings is 2. The minimum absolute atomic E-state index is 0.0983. The second-order valence-corrected chi connectivity index (χ2v) is 4.87. The highest BCUT2D eigenvalue weighted by Crippen LogP contribution is 2.38. The fraction of sp³-hybridized carbons (Fsp3) is 0.250. The van der Waals surface area contributed by atoms with E-state index in [2.05, 4.69) is 0 Å². The SMILES string of the molecule is COc1cc([C@@H]2CCc3ccc(O)cc3O2)ccc1O. The van der Waals surface area contributed by atoms with Gasteiger partial charge in [-0.05, 0) is 42.2 Å². The number of hydrogen-bond acceptors (Lipinski definition) is 4. The second kappa shape index (κ2) is 4.96. The van der Waals surface area contributed by atoms with E-state index in [0.717, 1.165) is 24.0 Å². The summed E-state index contributed by atoms with van der Waals surface area (Å²) in [5.74, 6) is 1.47. The van der Waals surface area contributed by atoms with Crippen LogP contribution in [-0.2, 0) is 6.42 Å². The van der Waals surface area contributed by atoms with Gasteiger partial charge in [0.1, 0.15) is 17.6 Å². The summed E-state index contributed by atoms with van der Waals surface area (Å²) in [6, 6.07) is 10.4. The summed E-state index contributed by atoms with van der Waals surface area (Å²) in [5.41, 5.74) is 2.05. The van der Waals surface area contributed by atoms with Gasteiger partial charge in [-0.15, -0.1) is 0 Å². The van der Waals surface area contributed by atoms with Gasteiger partial charge in [0.15, 0.2) is 11.5 Å². The Hall–Kier alpha value is -2.36. The Bertz CT molecular complexity index is 636. The molecule has 0 unspecified atom stereocenters. The van der Waals surface area contributed by atoms with Crippen LogP contribution in [0, 0.1) is 0 Å². The summed E-state index contributed by atoms with van der Waals surface area (Å²) in [6.07, 6.45) is 1.65. The van der Waals surface area contributed by atoms with Crippen LogP contribution >= 0.6 is 0 Å². The van der Waals surface area contributed by atoms with Crippen LogP contribution in [0.1, 0.15) is 23.7 Å². The first kappa shape index (κ1) is 12.7. The number of phenols is 2. The van der Waals surface area contributed by atoms with Crippen molar-refractivity contribution in [3.8, 4) is 23.0 Å². The van der Waals surface area contributed by atoms with E-state index in [0.29, 0.717) is 11.5 Å². The van der Waals surface area contributed by atoms with E-state index >= 15 is 0 Å². The fourth-order valence-corrected chi connectivity index (χ4v) is 2.49. The minimum atomic E-state index is -0.0983. The molecule has 1 heterocycles. The average molecular weight is 272 g/mol. The molecular weight excluding hydrogens is 256 g/mol. The van der Waals surface area contributed by atoms with Crippen molar-refractivity contribution >= 4 is 0 Å². The lowest BCUT2D eigenvalue weighted by atomic mass is 9.97. The van der Waals surface area contributed by atoms with Crippen LogP contribution in [0.3, 0.4) is 0 Å². The summed E-state index contributed by atoms with van der Waals surface area (Å²) in [6.45, 7) is 0. The van der Waals surface area contributed by atoms with Crippen molar-refractivity contribution in [2.24, 2.45) is 0 Å². The Labute approximate surface area is 117 Å². The van der Waals surface area contributed by atoms with Crippen LogP contribution in [-0.4, -0.2) is 17.3 Å². The predicted octanol–water partition coefficient (Wildman–Crippen LogP) is 3.17. The lowest BCUT2D eigenvalue weighted by Gasteiger charge is -2.26. The smallest absolute Gasteiger partial charge is 0.160 e. The fourth-order valence-electron chi connectivity index (χ4n) is 2.49. The predicted molar refractivity (Wildman–Crippen MR) is 74.5 cm³/mol. The molecule has 0 aromatic heterocycles. The zero-order chi connectivity index (χ0) is 14.1. The molecule has 0 aliphatic carbocycles. The van der Waals surface area contributed by atoms with Gasteiger partial charge in [-0.2, -0.15) is 0 Å². The van der Waals surface area contributed by atoms with Crippen molar-refractivity contribution in [3.63, 3.8) is 0 Å². The Morgan fingerprint density at radius 2 is 2.00 bits per heavy atom. The first-order valence-electron chi connectivity index (χ1n) is 6.53. The third kappa shape index (κ3) is 2.25. The molecule has 1 aliphatic heterocycles. The van der Waals surface area contributed by atoms with Gasteiger partial charge in [-0.3, -0.25) is 0 Å². The number of aryl methyl sites for hydroxylation is 1. The average Bonchev–Trinajstić information content (AvgIpc) is 2.47. The van der Waals surface area contributed by atoms with E-state index in [4.69, 9.17) is 9.47 Å². The van der Waals surface area contributed by atoms with E-state index in [-0.39, 0.29) is 17.6 Å². The topological polar surface area (TPSA) is 58.9 Å². The van der Waals surface area contributed by atoms with Crippen LogP contribution < -0.4 is 9.47 Å². The quantitative estimate of drug-likeness (QED) is 0.881. The third-order valence-electron chi connectivity index (χ3n) is 3.57. The van der Waals surface area contributed by atoms with Crippen molar-refractivity contribution < 1.29 is 19.7 Å². The summed E-state index contributed by atoms with van der Waals surface area (Å²) < 4.78 is 11.1.